The van der Waals surface area contributed by atoms with Gasteiger partial charge in [0, 0.05) is 0 Å². The maximum Gasteiger partial charge on any atom is 0.196 e. The Kier molecular flexibility index (Phi) is 18.3. The molecule has 4 rings (SSSR count). The number of phenolic OH excluding ortho intramolecular Hbond substituents is 1. The minimum atomic E-state index is -0.168. The number of benzene rings is 3. The van der Waals surface area contributed by atoms with Crippen LogP contribution in [0.1, 0.15) is 167 Å². The first-order chi connectivity index (χ1) is 22.4. The topological polar surface area (TPSA) is 38.7 Å². The van der Waals surface area contributed by atoms with Gasteiger partial charge in [0.15, 0.2) is 6.29 Å². The van der Waals surface area contributed by atoms with Crippen LogP contribution in [0.2, 0.25) is 0 Å². The smallest absolute Gasteiger partial charge is 0.196 e. The Balaban J connectivity index is 0.000000264. The Hall–Kier alpha value is -2.78. The zero-order chi connectivity index (χ0) is 34.8. The highest BCUT2D eigenvalue weighted by Crippen LogP contribution is 2.28. The third kappa shape index (κ3) is 15.3. The molecule has 262 valence electrons. The largest absolute Gasteiger partial charge is 0.508 e. The molecule has 1 N–H and O–H groups in total. The first-order valence-electron chi connectivity index (χ1n) is 18.6. The highest BCUT2D eigenvalue weighted by atomic mass is 16.7. The van der Waals surface area contributed by atoms with Crippen LogP contribution in [0.15, 0.2) is 72.8 Å². The van der Waals surface area contributed by atoms with Gasteiger partial charge in [-0.05, 0) is 108 Å². The quantitative estimate of drug-likeness (QED) is 0.199. The molecule has 0 amide bonds. The van der Waals surface area contributed by atoms with Gasteiger partial charge in [-0.3, -0.25) is 0 Å². The van der Waals surface area contributed by atoms with Gasteiger partial charge in [0.25, 0.3) is 0 Å². The van der Waals surface area contributed by atoms with Gasteiger partial charge in [-0.2, -0.15) is 0 Å². The van der Waals surface area contributed by atoms with Gasteiger partial charge in [0.2, 0.25) is 0 Å². The fourth-order valence-electron chi connectivity index (χ4n) is 5.80. The zero-order valence-corrected chi connectivity index (χ0v) is 31.6. The van der Waals surface area contributed by atoms with Gasteiger partial charge in [0.05, 0.1) is 6.61 Å². The van der Waals surface area contributed by atoms with E-state index < -0.39 is 0 Å². The predicted octanol–water partition coefficient (Wildman–Crippen LogP) is 13.3. The molecule has 0 heterocycles. The van der Waals surface area contributed by atoms with Crippen molar-refractivity contribution in [3.63, 3.8) is 0 Å². The molecule has 0 bridgehead atoms. The summed E-state index contributed by atoms with van der Waals surface area (Å²) in [7, 11) is 0. The number of hydrogen-bond donors (Lipinski definition) is 1. The molecule has 3 nitrogen and oxygen atoms in total. The SMILES string of the molecule is CCC(C)c1ccc(C(C)(C)C)cc1.CCC(C)c1ccc(O)cc1.CCC(C)c1ccc(OC(C)OCCC2CCCCC2)cc1. The summed E-state index contributed by atoms with van der Waals surface area (Å²) in [4.78, 5) is 0. The van der Waals surface area contributed by atoms with E-state index in [1.807, 2.05) is 19.1 Å². The van der Waals surface area contributed by atoms with Crippen LogP contribution in [-0.2, 0) is 10.2 Å². The first-order valence-corrected chi connectivity index (χ1v) is 18.6. The van der Waals surface area contributed by atoms with E-state index in [0.717, 1.165) is 24.7 Å². The van der Waals surface area contributed by atoms with Gasteiger partial charge < -0.3 is 14.6 Å². The van der Waals surface area contributed by atoms with Gasteiger partial charge in [-0.15, -0.1) is 0 Å². The van der Waals surface area contributed by atoms with Gasteiger partial charge in [-0.1, -0.05) is 143 Å². The number of rotatable bonds is 12. The second-order valence-corrected chi connectivity index (χ2v) is 14.8. The van der Waals surface area contributed by atoms with Crippen LogP contribution in [0.4, 0.5) is 0 Å². The molecule has 1 aliphatic carbocycles. The summed E-state index contributed by atoms with van der Waals surface area (Å²) < 4.78 is 11.7. The van der Waals surface area contributed by atoms with Crippen molar-refractivity contribution in [1.82, 2.24) is 0 Å². The molecule has 1 saturated carbocycles. The molecule has 0 aromatic heterocycles. The molecule has 4 unspecified atom stereocenters. The molecule has 0 spiro atoms. The fraction of sp³-hybridized carbons (Fsp3) is 0.591. The average Bonchev–Trinajstić information content (AvgIpc) is 3.08. The van der Waals surface area contributed by atoms with Crippen LogP contribution >= 0.6 is 0 Å². The van der Waals surface area contributed by atoms with E-state index in [1.54, 1.807) is 12.1 Å². The molecule has 47 heavy (non-hydrogen) atoms. The van der Waals surface area contributed by atoms with Crippen LogP contribution < -0.4 is 4.74 Å². The molecule has 1 fully saturated rings. The standard InChI is InChI=1S/C20H32O2.C14H22.C10H14O/c1-4-16(2)19-10-12-20(13-11-19)22-17(3)21-15-14-18-8-6-5-7-9-18;1-6-11(2)12-7-9-13(10-8-12)14(3,4)5;1-3-8(2)9-4-6-10(11)7-5-9/h10-13,16-18H,4-9,14-15H2,1-3H3;7-11H,6H2,1-5H3;4-8,11H,3H2,1-2H3. The van der Waals surface area contributed by atoms with E-state index in [4.69, 9.17) is 14.6 Å². The van der Waals surface area contributed by atoms with Crippen molar-refractivity contribution < 1.29 is 14.6 Å². The van der Waals surface area contributed by atoms with Crippen molar-refractivity contribution in [1.29, 1.82) is 0 Å². The molecule has 3 heteroatoms. The van der Waals surface area contributed by atoms with E-state index >= 15 is 0 Å². The maximum atomic E-state index is 9.01. The Morgan fingerprint density at radius 1 is 0.638 bits per heavy atom. The van der Waals surface area contributed by atoms with Gasteiger partial charge >= 0.3 is 0 Å². The lowest BCUT2D eigenvalue weighted by Gasteiger charge is -2.22. The van der Waals surface area contributed by atoms with Crippen molar-refractivity contribution in [2.24, 2.45) is 5.92 Å². The lowest BCUT2D eigenvalue weighted by Crippen LogP contribution is -2.19. The fourth-order valence-corrected chi connectivity index (χ4v) is 5.80. The summed E-state index contributed by atoms with van der Waals surface area (Å²) in [6.07, 6.45) is 11.5. The Labute approximate surface area is 289 Å². The summed E-state index contributed by atoms with van der Waals surface area (Å²) in [5, 5.41) is 9.01. The normalized spacial score (nSPS) is 16.0. The highest BCUT2D eigenvalue weighted by molar-refractivity contribution is 5.30. The van der Waals surface area contributed by atoms with Crippen LogP contribution in [0.5, 0.6) is 11.5 Å². The monoisotopic (exact) mass is 645 g/mol. The lowest BCUT2D eigenvalue weighted by atomic mass is 9.85. The molecule has 3 aromatic rings. The van der Waals surface area contributed by atoms with Crippen LogP contribution in [0.3, 0.4) is 0 Å². The van der Waals surface area contributed by atoms with Crippen molar-refractivity contribution in [3.05, 3.63) is 95.1 Å². The molecular formula is C44H68O3. The summed E-state index contributed by atoms with van der Waals surface area (Å²) in [5.41, 5.74) is 5.82. The molecule has 0 radical (unpaired) electrons. The van der Waals surface area contributed by atoms with E-state index in [0.29, 0.717) is 23.5 Å². The second kappa shape index (κ2) is 21.2. The van der Waals surface area contributed by atoms with E-state index in [1.165, 1.54) is 73.6 Å². The summed E-state index contributed by atoms with van der Waals surface area (Å²) in [5.74, 6) is 4.00. The van der Waals surface area contributed by atoms with Crippen LogP contribution in [-0.4, -0.2) is 18.0 Å². The number of phenols is 1. The molecule has 1 aliphatic rings. The summed E-state index contributed by atoms with van der Waals surface area (Å²) >= 11 is 0. The van der Waals surface area contributed by atoms with Gasteiger partial charge in [0.1, 0.15) is 11.5 Å². The van der Waals surface area contributed by atoms with Crippen LogP contribution in [0, 0.1) is 5.92 Å². The summed E-state index contributed by atoms with van der Waals surface area (Å²) in [6, 6.07) is 24.9. The van der Waals surface area contributed by atoms with E-state index in [-0.39, 0.29) is 11.7 Å². The van der Waals surface area contributed by atoms with Crippen molar-refractivity contribution in [2.75, 3.05) is 6.61 Å². The van der Waals surface area contributed by atoms with E-state index in [9.17, 15) is 0 Å². The second-order valence-electron chi connectivity index (χ2n) is 14.8. The molecular weight excluding hydrogens is 576 g/mol. The van der Waals surface area contributed by atoms with Crippen molar-refractivity contribution in [2.45, 2.75) is 156 Å². The number of aromatic hydroxyl groups is 1. The number of ether oxygens (including phenoxy) is 2. The Bertz CT molecular complexity index is 1200. The van der Waals surface area contributed by atoms with Crippen molar-refractivity contribution in [3.8, 4) is 11.5 Å². The lowest BCUT2D eigenvalue weighted by molar-refractivity contribution is -0.0711. The van der Waals surface area contributed by atoms with E-state index in [2.05, 4.69) is 111 Å². The third-order valence-corrected chi connectivity index (χ3v) is 10.00. The van der Waals surface area contributed by atoms with Gasteiger partial charge in [-0.25, -0.2) is 0 Å². The predicted molar refractivity (Wildman–Crippen MR) is 203 cm³/mol. The first kappa shape index (κ1) is 40.4. The Morgan fingerprint density at radius 3 is 1.49 bits per heavy atom. The van der Waals surface area contributed by atoms with Crippen LogP contribution in [0.25, 0.3) is 0 Å². The minimum Gasteiger partial charge on any atom is -0.508 e. The Morgan fingerprint density at radius 2 is 1.06 bits per heavy atom. The molecule has 0 saturated heterocycles. The van der Waals surface area contributed by atoms with Crippen molar-refractivity contribution >= 4 is 0 Å². The maximum absolute atomic E-state index is 9.01. The average molecular weight is 645 g/mol. The molecule has 3 aromatic carbocycles. The zero-order valence-electron chi connectivity index (χ0n) is 31.6. The molecule has 0 aliphatic heterocycles. The number of hydrogen-bond acceptors (Lipinski definition) is 3. The summed E-state index contributed by atoms with van der Waals surface area (Å²) in [6.45, 7) is 22.9. The minimum absolute atomic E-state index is 0.168. The third-order valence-electron chi connectivity index (χ3n) is 10.00. The highest BCUT2D eigenvalue weighted by Gasteiger charge is 2.15. The molecule has 4 atom stereocenters.